The number of nitrogens with zero attached hydrogens (tertiary/aromatic N) is 2. The summed E-state index contributed by atoms with van der Waals surface area (Å²) >= 11 is 0. The number of rotatable bonds is 8. The topological polar surface area (TPSA) is 95.7 Å². The minimum Gasteiger partial charge on any atom is -0.497 e. The highest BCUT2D eigenvalue weighted by atomic mass is 16.5. The first-order chi connectivity index (χ1) is 13.2. The lowest BCUT2D eigenvalue weighted by Gasteiger charge is -2.07. The number of aromatic nitrogens is 2. The Balaban J connectivity index is 1.58. The molecule has 3 rings (SSSR count). The number of methoxy groups -OCH3 is 2. The SMILES string of the molecule is COc1ccc(-c2nnc(NC(=O)CCOc3ccccc3)o2)c(OC)c1. The molecule has 8 nitrogen and oxygen atoms in total. The Kier molecular flexibility index (Phi) is 5.88. The molecule has 0 atom stereocenters. The third-order valence-corrected chi connectivity index (χ3v) is 3.65. The van der Waals surface area contributed by atoms with E-state index in [-0.39, 0.29) is 30.8 Å². The van der Waals surface area contributed by atoms with E-state index in [4.69, 9.17) is 18.6 Å². The number of carbonyl (C=O) groups is 1. The van der Waals surface area contributed by atoms with Gasteiger partial charge in [0.15, 0.2) is 0 Å². The summed E-state index contributed by atoms with van der Waals surface area (Å²) in [5, 5.41) is 10.3. The van der Waals surface area contributed by atoms with Crippen LogP contribution in [0.4, 0.5) is 6.01 Å². The van der Waals surface area contributed by atoms with E-state index in [1.54, 1.807) is 25.3 Å². The Labute approximate surface area is 156 Å². The Bertz CT molecular complexity index is 895. The summed E-state index contributed by atoms with van der Waals surface area (Å²) in [5.41, 5.74) is 0.596. The smallest absolute Gasteiger partial charge is 0.322 e. The van der Waals surface area contributed by atoms with Crippen molar-refractivity contribution in [2.75, 3.05) is 26.1 Å². The summed E-state index contributed by atoms with van der Waals surface area (Å²) < 4.78 is 21.5. The molecule has 8 heteroatoms. The van der Waals surface area contributed by atoms with Crippen LogP contribution in [0, 0.1) is 0 Å². The van der Waals surface area contributed by atoms with Crippen LogP contribution in [-0.4, -0.2) is 36.9 Å². The van der Waals surface area contributed by atoms with Crippen LogP contribution in [0.2, 0.25) is 0 Å². The maximum Gasteiger partial charge on any atom is 0.322 e. The van der Waals surface area contributed by atoms with Crippen molar-refractivity contribution >= 4 is 11.9 Å². The molecule has 0 bridgehead atoms. The number of carbonyl (C=O) groups excluding carboxylic acids is 1. The van der Waals surface area contributed by atoms with Gasteiger partial charge in [-0.15, -0.1) is 5.10 Å². The van der Waals surface area contributed by atoms with Crippen LogP contribution < -0.4 is 19.5 Å². The molecule has 3 aromatic rings. The molecular weight excluding hydrogens is 350 g/mol. The highest BCUT2D eigenvalue weighted by molar-refractivity contribution is 5.88. The number of benzene rings is 2. The molecule has 1 amide bonds. The molecule has 0 aliphatic rings. The van der Waals surface area contributed by atoms with Crippen LogP contribution in [-0.2, 0) is 4.79 Å². The van der Waals surface area contributed by atoms with E-state index in [1.165, 1.54) is 7.11 Å². The second-order valence-electron chi connectivity index (χ2n) is 5.44. The zero-order valence-electron chi connectivity index (χ0n) is 15.0. The lowest BCUT2D eigenvalue weighted by molar-refractivity contribution is -0.116. The summed E-state index contributed by atoms with van der Waals surface area (Å²) in [6.45, 7) is 0.239. The highest BCUT2D eigenvalue weighted by Gasteiger charge is 2.16. The van der Waals surface area contributed by atoms with Crippen LogP contribution in [0.3, 0.4) is 0 Å². The number of anilines is 1. The maximum atomic E-state index is 12.0. The Morgan fingerprint density at radius 3 is 2.59 bits per heavy atom. The van der Waals surface area contributed by atoms with Gasteiger partial charge in [-0.3, -0.25) is 10.1 Å². The van der Waals surface area contributed by atoms with Crippen molar-refractivity contribution < 1.29 is 23.4 Å². The fourth-order valence-corrected chi connectivity index (χ4v) is 2.32. The average Bonchev–Trinajstić information content (AvgIpc) is 3.16. The molecule has 27 heavy (non-hydrogen) atoms. The molecule has 0 saturated carbocycles. The zero-order valence-corrected chi connectivity index (χ0v) is 15.0. The molecule has 1 heterocycles. The van der Waals surface area contributed by atoms with Gasteiger partial charge in [-0.05, 0) is 24.3 Å². The van der Waals surface area contributed by atoms with Crippen LogP contribution in [0.1, 0.15) is 6.42 Å². The van der Waals surface area contributed by atoms with Crippen molar-refractivity contribution in [2.24, 2.45) is 0 Å². The maximum absolute atomic E-state index is 12.0. The number of para-hydroxylation sites is 1. The van der Waals surface area contributed by atoms with E-state index in [0.29, 0.717) is 22.8 Å². The van der Waals surface area contributed by atoms with Crippen LogP contribution in [0.25, 0.3) is 11.5 Å². The minimum absolute atomic E-state index is 0.00702. The van der Waals surface area contributed by atoms with Crippen LogP contribution in [0.5, 0.6) is 17.2 Å². The van der Waals surface area contributed by atoms with Crippen molar-refractivity contribution in [2.45, 2.75) is 6.42 Å². The summed E-state index contributed by atoms with van der Waals surface area (Å²) in [6, 6.07) is 14.5. The fourth-order valence-electron chi connectivity index (χ4n) is 2.32. The molecule has 2 aromatic carbocycles. The molecule has 140 valence electrons. The summed E-state index contributed by atoms with van der Waals surface area (Å²) in [7, 11) is 3.10. The van der Waals surface area contributed by atoms with Crippen molar-refractivity contribution in [3.63, 3.8) is 0 Å². The van der Waals surface area contributed by atoms with Gasteiger partial charge in [0.25, 0.3) is 5.89 Å². The molecular formula is C19H19N3O5. The quantitative estimate of drug-likeness (QED) is 0.651. The first-order valence-corrected chi connectivity index (χ1v) is 8.23. The first-order valence-electron chi connectivity index (χ1n) is 8.23. The van der Waals surface area contributed by atoms with E-state index in [9.17, 15) is 4.79 Å². The molecule has 0 aliphatic heterocycles. The summed E-state index contributed by atoms with van der Waals surface area (Å²) in [6.07, 6.45) is 0.151. The van der Waals surface area contributed by atoms with E-state index < -0.39 is 0 Å². The van der Waals surface area contributed by atoms with Crippen LogP contribution >= 0.6 is 0 Å². The molecule has 0 fully saturated rings. The molecule has 0 radical (unpaired) electrons. The third-order valence-electron chi connectivity index (χ3n) is 3.65. The predicted octanol–water partition coefficient (Wildman–Crippen LogP) is 3.16. The molecule has 1 N–H and O–H groups in total. The fraction of sp³-hybridized carbons (Fsp3) is 0.211. The number of amides is 1. The molecule has 1 aromatic heterocycles. The first kappa shape index (κ1) is 18.2. The average molecular weight is 369 g/mol. The number of hydrogen-bond donors (Lipinski definition) is 1. The second kappa shape index (κ2) is 8.70. The van der Waals surface area contributed by atoms with Gasteiger partial charge in [0.05, 0.1) is 32.8 Å². The monoisotopic (exact) mass is 369 g/mol. The van der Waals surface area contributed by atoms with Crippen molar-refractivity contribution in [1.29, 1.82) is 0 Å². The lowest BCUT2D eigenvalue weighted by Crippen LogP contribution is -2.15. The van der Waals surface area contributed by atoms with E-state index >= 15 is 0 Å². The lowest BCUT2D eigenvalue weighted by atomic mass is 10.2. The molecule has 0 aliphatic carbocycles. The van der Waals surface area contributed by atoms with Gasteiger partial charge in [-0.25, -0.2) is 0 Å². The van der Waals surface area contributed by atoms with Gasteiger partial charge in [0.1, 0.15) is 17.2 Å². The molecule has 0 unspecified atom stereocenters. The van der Waals surface area contributed by atoms with E-state index in [2.05, 4.69) is 15.5 Å². The Morgan fingerprint density at radius 1 is 1.04 bits per heavy atom. The van der Waals surface area contributed by atoms with Gasteiger partial charge in [-0.2, -0.15) is 0 Å². The largest absolute Gasteiger partial charge is 0.497 e. The second-order valence-corrected chi connectivity index (χ2v) is 5.44. The minimum atomic E-state index is -0.289. The summed E-state index contributed by atoms with van der Waals surface area (Å²) in [4.78, 5) is 12.0. The predicted molar refractivity (Wildman–Crippen MR) is 98.0 cm³/mol. The Morgan fingerprint density at radius 2 is 1.85 bits per heavy atom. The van der Waals surface area contributed by atoms with Crippen molar-refractivity contribution in [3.8, 4) is 28.7 Å². The van der Waals surface area contributed by atoms with Gasteiger partial charge in [0, 0.05) is 6.07 Å². The number of hydrogen-bond acceptors (Lipinski definition) is 7. The van der Waals surface area contributed by atoms with Gasteiger partial charge in [-0.1, -0.05) is 23.3 Å². The molecule has 0 saturated heterocycles. The van der Waals surface area contributed by atoms with Crippen LogP contribution in [0.15, 0.2) is 52.9 Å². The van der Waals surface area contributed by atoms with Crippen molar-refractivity contribution in [1.82, 2.24) is 10.2 Å². The highest BCUT2D eigenvalue weighted by Crippen LogP contribution is 2.33. The van der Waals surface area contributed by atoms with Gasteiger partial charge < -0.3 is 18.6 Å². The normalized spacial score (nSPS) is 10.3. The zero-order chi connectivity index (χ0) is 19.1. The van der Waals surface area contributed by atoms with Crippen molar-refractivity contribution in [3.05, 3.63) is 48.5 Å². The third kappa shape index (κ3) is 4.75. The number of nitrogens with one attached hydrogen (secondary N) is 1. The summed E-state index contributed by atoms with van der Waals surface area (Å²) in [5.74, 6) is 1.80. The van der Waals surface area contributed by atoms with E-state index in [0.717, 1.165) is 0 Å². The standard InChI is InChI=1S/C19H19N3O5/c1-24-14-8-9-15(16(12-14)25-2)18-21-22-19(27-18)20-17(23)10-11-26-13-6-4-3-5-7-13/h3-9,12H,10-11H2,1-2H3,(H,20,22,23). The molecule has 0 spiro atoms. The van der Waals surface area contributed by atoms with Gasteiger partial charge >= 0.3 is 6.01 Å². The Hall–Kier alpha value is -3.55. The van der Waals surface area contributed by atoms with Gasteiger partial charge in [0.2, 0.25) is 5.91 Å². The number of ether oxygens (including phenoxy) is 3. The van der Waals surface area contributed by atoms with E-state index in [1.807, 2.05) is 30.3 Å².